The molecule has 0 amide bonds. The normalized spacial score (nSPS) is 10.7. The molecule has 0 saturated carbocycles. The summed E-state index contributed by atoms with van der Waals surface area (Å²) < 4.78 is 22.9. The van der Waals surface area contributed by atoms with E-state index in [1.54, 1.807) is 0 Å². The second kappa shape index (κ2) is 5.31. The zero-order valence-electron chi connectivity index (χ0n) is 10.3. The Labute approximate surface area is 112 Å². The lowest BCUT2D eigenvalue weighted by molar-refractivity contribution is 0.0692. The van der Waals surface area contributed by atoms with Crippen molar-refractivity contribution >= 4 is 17.5 Å². The Kier molecular flexibility index (Phi) is 3.75. The Bertz CT molecular complexity index is 613. The summed E-state index contributed by atoms with van der Waals surface area (Å²) in [6.45, 7) is 3.90. The number of rotatable bonds is 4. The maximum Gasteiger partial charge on any atom is 0.338 e. The number of nitrogens with zero attached hydrogens (tertiary/aromatic N) is 2. The van der Waals surface area contributed by atoms with Gasteiger partial charge >= 0.3 is 5.97 Å². The van der Waals surface area contributed by atoms with Crippen LogP contribution < -0.4 is 4.74 Å². The standard InChI is InChI=1S/C12H11FN2O3S/c1-6(2)10-14-12(19-15-10)18-7-3-4-8(11(16)17)9(13)5-7/h3-6H,1-2H3,(H,16,17). The van der Waals surface area contributed by atoms with Crippen molar-refractivity contribution in [3.8, 4) is 10.9 Å². The zero-order chi connectivity index (χ0) is 14.0. The minimum Gasteiger partial charge on any atom is -0.478 e. The lowest BCUT2D eigenvalue weighted by atomic mass is 10.2. The van der Waals surface area contributed by atoms with E-state index in [-0.39, 0.29) is 11.7 Å². The maximum atomic E-state index is 13.4. The predicted molar refractivity (Wildman–Crippen MR) is 67.4 cm³/mol. The van der Waals surface area contributed by atoms with E-state index in [2.05, 4.69) is 9.36 Å². The summed E-state index contributed by atoms with van der Waals surface area (Å²) in [5, 5.41) is 9.01. The van der Waals surface area contributed by atoms with Crippen LogP contribution in [0.25, 0.3) is 0 Å². The molecule has 0 aliphatic carbocycles. The van der Waals surface area contributed by atoms with E-state index < -0.39 is 17.3 Å². The van der Waals surface area contributed by atoms with Gasteiger partial charge in [0.15, 0.2) is 0 Å². The molecule has 1 heterocycles. The number of aromatic carboxylic acids is 1. The molecule has 19 heavy (non-hydrogen) atoms. The van der Waals surface area contributed by atoms with Gasteiger partial charge in [-0.15, -0.1) is 0 Å². The molecule has 0 spiro atoms. The van der Waals surface area contributed by atoms with Crippen LogP contribution in [-0.4, -0.2) is 20.4 Å². The van der Waals surface area contributed by atoms with Crippen LogP contribution in [0.3, 0.4) is 0 Å². The molecular formula is C12H11FN2O3S. The fraction of sp³-hybridized carbons (Fsp3) is 0.250. The molecule has 2 aromatic rings. The average molecular weight is 282 g/mol. The molecule has 0 bridgehead atoms. The zero-order valence-corrected chi connectivity index (χ0v) is 11.1. The van der Waals surface area contributed by atoms with E-state index in [1.807, 2.05) is 13.8 Å². The number of ether oxygens (including phenoxy) is 1. The van der Waals surface area contributed by atoms with Gasteiger partial charge in [-0.1, -0.05) is 13.8 Å². The molecule has 7 heteroatoms. The quantitative estimate of drug-likeness (QED) is 0.931. The number of hydrogen-bond donors (Lipinski definition) is 1. The average Bonchev–Trinajstić information content (AvgIpc) is 2.77. The highest BCUT2D eigenvalue weighted by Crippen LogP contribution is 2.26. The first-order valence-electron chi connectivity index (χ1n) is 5.51. The Morgan fingerprint density at radius 1 is 1.47 bits per heavy atom. The summed E-state index contributed by atoms with van der Waals surface area (Å²) in [5.41, 5.74) is -0.396. The van der Waals surface area contributed by atoms with Gasteiger partial charge in [0.25, 0.3) is 5.19 Å². The van der Waals surface area contributed by atoms with Gasteiger partial charge in [-0.2, -0.15) is 9.36 Å². The first-order valence-corrected chi connectivity index (χ1v) is 6.29. The lowest BCUT2D eigenvalue weighted by Crippen LogP contribution is -2.00. The summed E-state index contributed by atoms with van der Waals surface area (Å²) in [6.07, 6.45) is 0. The Morgan fingerprint density at radius 2 is 2.21 bits per heavy atom. The van der Waals surface area contributed by atoms with Crippen LogP contribution in [0.5, 0.6) is 10.9 Å². The van der Waals surface area contributed by atoms with E-state index in [1.165, 1.54) is 6.07 Å². The van der Waals surface area contributed by atoms with E-state index in [9.17, 15) is 9.18 Å². The van der Waals surface area contributed by atoms with Crippen LogP contribution >= 0.6 is 11.5 Å². The Balaban J connectivity index is 2.19. The van der Waals surface area contributed by atoms with Gasteiger partial charge in [0.05, 0.1) is 5.56 Å². The van der Waals surface area contributed by atoms with Gasteiger partial charge in [0.2, 0.25) is 0 Å². The van der Waals surface area contributed by atoms with Gasteiger partial charge in [-0.05, 0) is 12.1 Å². The number of aromatic nitrogens is 2. The summed E-state index contributed by atoms with van der Waals surface area (Å²) >= 11 is 1.07. The third kappa shape index (κ3) is 3.05. The van der Waals surface area contributed by atoms with Crippen LogP contribution in [0.4, 0.5) is 4.39 Å². The molecule has 0 saturated heterocycles. The number of halogens is 1. The van der Waals surface area contributed by atoms with Crippen LogP contribution in [-0.2, 0) is 0 Å². The largest absolute Gasteiger partial charge is 0.478 e. The third-order valence-corrected chi connectivity index (χ3v) is 2.92. The third-order valence-electron chi connectivity index (χ3n) is 2.32. The number of carbonyl (C=O) groups is 1. The van der Waals surface area contributed by atoms with Gasteiger partial charge in [0, 0.05) is 23.5 Å². The molecule has 0 unspecified atom stereocenters. The summed E-state index contributed by atoms with van der Waals surface area (Å²) in [6, 6.07) is 3.54. The molecule has 0 atom stereocenters. The molecule has 100 valence electrons. The maximum absolute atomic E-state index is 13.4. The highest BCUT2D eigenvalue weighted by molar-refractivity contribution is 7.07. The van der Waals surface area contributed by atoms with Crippen molar-refractivity contribution in [2.24, 2.45) is 0 Å². The minimum atomic E-state index is -1.32. The highest BCUT2D eigenvalue weighted by atomic mass is 32.1. The smallest absolute Gasteiger partial charge is 0.338 e. The molecule has 1 aromatic carbocycles. The molecule has 1 N–H and O–H groups in total. The van der Waals surface area contributed by atoms with Gasteiger partial charge < -0.3 is 9.84 Å². The molecule has 0 aliphatic heterocycles. The van der Waals surface area contributed by atoms with Crippen molar-refractivity contribution in [2.45, 2.75) is 19.8 Å². The predicted octanol–water partition coefficient (Wildman–Crippen LogP) is 3.29. The van der Waals surface area contributed by atoms with E-state index in [4.69, 9.17) is 9.84 Å². The van der Waals surface area contributed by atoms with E-state index in [0.717, 1.165) is 23.7 Å². The second-order valence-electron chi connectivity index (χ2n) is 4.12. The van der Waals surface area contributed by atoms with Crippen molar-refractivity contribution in [3.63, 3.8) is 0 Å². The second-order valence-corrected chi connectivity index (χ2v) is 4.84. The van der Waals surface area contributed by atoms with Crippen LogP contribution in [0.15, 0.2) is 18.2 Å². The first kappa shape index (κ1) is 13.4. The number of carboxylic acids is 1. The first-order chi connectivity index (χ1) is 8.97. The van der Waals surface area contributed by atoms with Crippen molar-refractivity contribution < 1.29 is 19.0 Å². The summed E-state index contributed by atoms with van der Waals surface area (Å²) in [4.78, 5) is 14.8. The lowest BCUT2D eigenvalue weighted by Gasteiger charge is -2.03. The van der Waals surface area contributed by atoms with Crippen molar-refractivity contribution in [2.75, 3.05) is 0 Å². The molecule has 1 aromatic heterocycles. The highest BCUT2D eigenvalue weighted by Gasteiger charge is 2.13. The SMILES string of the molecule is CC(C)c1nsc(Oc2ccc(C(=O)O)c(F)c2)n1. The van der Waals surface area contributed by atoms with Gasteiger partial charge in [0.1, 0.15) is 17.4 Å². The number of benzene rings is 1. The molecule has 2 rings (SSSR count). The molecule has 0 aliphatic rings. The minimum absolute atomic E-state index is 0.180. The van der Waals surface area contributed by atoms with E-state index in [0.29, 0.717) is 11.0 Å². The van der Waals surface area contributed by atoms with Gasteiger partial charge in [-0.25, -0.2) is 9.18 Å². The van der Waals surface area contributed by atoms with Crippen molar-refractivity contribution in [3.05, 3.63) is 35.4 Å². The van der Waals surface area contributed by atoms with Crippen molar-refractivity contribution in [1.29, 1.82) is 0 Å². The summed E-state index contributed by atoms with van der Waals surface area (Å²) in [5.74, 6) is -1.14. The van der Waals surface area contributed by atoms with Crippen LogP contribution in [0, 0.1) is 5.82 Å². The number of hydrogen-bond acceptors (Lipinski definition) is 5. The molecule has 0 fully saturated rings. The van der Waals surface area contributed by atoms with Crippen LogP contribution in [0.2, 0.25) is 0 Å². The summed E-state index contributed by atoms with van der Waals surface area (Å²) in [7, 11) is 0. The van der Waals surface area contributed by atoms with Gasteiger partial charge in [-0.3, -0.25) is 0 Å². The fourth-order valence-electron chi connectivity index (χ4n) is 1.33. The molecular weight excluding hydrogens is 271 g/mol. The molecule has 5 nitrogen and oxygen atoms in total. The fourth-order valence-corrected chi connectivity index (χ4v) is 2.02. The topological polar surface area (TPSA) is 72.3 Å². The Hall–Kier alpha value is -2.02. The Morgan fingerprint density at radius 3 is 2.74 bits per heavy atom. The number of carboxylic acid groups (broad SMARTS) is 1. The van der Waals surface area contributed by atoms with Crippen molar-refractivity contribution in [1.82, 2.24) is 9.36 Å². The molecule has 0 radical (unpaired) electrons. The van der Waals surface area contributed by atoms with E-state index >= 15 is 0 Å². The monoisotopic (exact) mass is 282 g/mol. The van der Waals surface area contributed by atoms with Crippen LogP contribution in [0.1, 0.15) is 35.9 Å².